The molecule has 17 heavy (non-hydrogen) atoms. The molecule has 1 unspecified atom stereocenters. The minimum atomic E-state index is -0.369. The first-order valence-corrected chi connectivity index (χ1v) is 7.00. The van der Waals surface area contributed by atoms with Crippen LogP contribution in [0.25, 0.3) is 10.8 Å². The number of aliphatic hydroxyl groups is 1. The molecule has 0 bridgehead atoms. The first-order chi connectivity index (χ1) is 8.16. The van der Waals surface area contributed by atoms with Crippen LogP contribution in [0, 0.1) is 0 Å². The molecule has 1 N–H and O–H groups in total. The molecule has 0 fully saturated rings. The summed E-state index contributed by atoms with van der Waals surface area (Å²) in [5.41, 5.74) is 1.01. The van der Waals surface area contributed by atoms with Gasteiger partial charge in [-0.05, 0) is 27.7 Å². The van der Waals surface area contributed by atoms with Crippen molar-refractivity contribution in [1.29, 1.82) is 0 Å². The molecule has 0 radical (unpaired) electrons. The Bertz CT molecular complexity index is 493. The Labute approximate surface area is 107 Å². The highest BCUT2D eigenvalue weighted by molar-refractivity contribution is 7.99. The maximum Gasteiger partial charge on any atom is 0.0880 e. The van der Waals surface area contributed by atoms with Gasteiger partial charge in [-0.3, -0.25) is 0 Å². The van der Waals surface area contributed by atoms with Gasteiger partial charge in [0.15, 0.2) is 0 Å². The lowest BCUT2D eigenvalue weighted by Crippen LogP contribution is -2.03. The second-order valence-corrected chi connectivity index (χ2v) is 6.11. The smallest absolute Gasteiger partial charge is 0.0880 e. The Hall–Kier alpha value is -0.990. The van der Waals surface area contributed by atoms with Crippen molar-refractivity contribution < 1.29 is 5.11 Å². The maximum atomic E-state index is 10.1. The molecule has 0 heterocycles. The van der Waals surface area contributed by atoms with Crippen molar-refractivity contribution in [3.05, 3.63) is 48.0 Å². The first-order valence-electron chi connectivity index (χ1n) is 5.95. The summed E-state index contributed by atoms with van der Waals surface area (Å²) in [5.74, 6) is 0.760. The summed E-state index contributed by atoms with van der Waals surface area (Å²) in [6.07, 6.45) is -0.369. The zero-order valence-corrected chi connectivity index (χ0v) is 11.1. The number of hydrogen-bond acceptors (Lipinski definition) is 2. The number of aliphatic hydroxyl groups excluding tert-OH is 1. The molecule has 2 heteroatoms. The van der Waals surface area contributed by atoms with Gasteiger partial charge in [0.2, 0.25) is 0 Å². The van der Waals surface area contributed by atoms with Crippen molar-refractivity contribution in [1.82, 2.24) is 0 Å². The summed E-state index contributed by atoms with van der Waals surface area (Å²) in [6, 6.07) is 14.4. The summed E-state index contributed by atoms with van der Waals surface area (Å²) < 4.78 is 0. The van der Waals surface area contributed by atoms with Crippen molar-refractivity contribution in [3.8, 4) is 0 Å². The molecule has 1 nitrogen and oxygen atoms in total. The van der Waals surface area contributed by atoms with E-state index in [0.29, 0.717) is 5.25 Å². The number of thioether (sulfide) groups is 1. The van der Waals surface area contributed by atoms with Gasteiger partial charge in [0.1, 0.15) is 0 Å². The molecule has 0 saturated carbocycles. The second kappa shape index (κ2) is 5.56. The first kappa shape index (κ1) is 12.5. The normalized spacial score (nSPS) is 13.2. The summed E-state index contributed by atoms with van der Waals surface area (Å²) in [6.45, 7) is 4.30. The third kappa shape index (κ3) is 3.24. The fourth-order valence-corrected chi connectivity index (χ4v) is 2.55. The molecule has 0 amide bonds. The lowest BCUT2D eigenvalue weighted by molar-refractivity contribution is 0.204. The van der Waals surface area contributed by atoms with E-state index >= 15 is 0 Å². The van der Waals surface area contributed by atoms with E-state index in [0.717, 1.165) is 11.3 Å². The van der Waals surface area contributed by atoms with E-state index in [1.807, 2.05) is 18.2 Å². The quantitative estimate of drug-likeness (QED) is 0.879. The topological polar surface area (TPSA) is 20.2 Å². The molecule has 0 spiro atoms. The predicted molar refractivity (Wildman–Crippen MR) is 76.5 cm³/mol. The lowest BCUT2D eigenvalue weighted by atomic mass is 10.0. The highest BCUT2D eigenvalue weighted by Gasteiger charge is 2.09. The minimum Gasteiger partial charge on any atom is -0.388 e. The Balaban J connectivity index is 2.18. The van der Waals surface area contributed by atoms with E-state index < -0.39 is 0 Å². The number of benzene rings is 2. The van der Waals surface area contributed by atoms with Crippen LogP contribution in [0.5, 0.6) is 0 Å². The molecule has 0 aliphatic rings. The van der Waals surface area contributed by atoms with Crippen LogP contribution in [0.3, 0.4) is 0 Å². The van der Waals surface area contributed by atoms with Crippen LogP contribution in [0.15, 0.2) is 42.5 Å². The van der Waals surface area contributed by atoms with Crippen molar-refractivity contribution in [2.24, 2.45) is 0 Å². The predicted octanol–water partition coefficient (Wildman–Crippen LogP) is 4.01. The van der Waals surface area contributed by atoms with Crippen LogP contribution in [-0.2, 0) is 0 Å². The summed E-state index contributed by atoms with van der Waals surface area (Å²) in [4.78, 5) is 0. The van der Waals surface area contributed by atoms with E-state index in [9.17, 15) is 5.11 Å². The summed E-state index contributed by atoms with van der Waals surface area (Å²) in [5, 5.41) is 13.1. The Morgan fingerprint density at radius 2 is 1.76 bits per heavy atom. The molecular formula is C15H18OS. The number of fused-ring (bicyclic) bond motifs is 1. The Morgan fingerprint density at radius 1 is 1.06 bits per heavy atom. The largest absolute Gasteiger partial charge is 0.388 e. The van der Waals surface area contributed by atoms with E-state index in [4.69, 9.17) is 0 Å². The third-order valence-corrected chi connectivity index (χ3v) is 3.92. The zero-order valence-electron chi connectivity index (χ0n) is 10.3. The average molecular weight is 246 g/mol. The van der Waals surface area contributed by atoms with E-state index in [-0.39, 0.29) is 6.10 Å². The van der Waals surface area contributed by atoms with E-state index in [1.165, 1.54) is 10.8 Å². The zero-order chi connectivity index (χ0) is 12.3. The molecule has 1 atom stereocenters. The van der Waals surface area contributed by atoms with Gasteiger partial charge in [0.25, 0.3) is 0 Å². The monoisotopic (exact) mass is 246 g/mol. The van der Waals surface area contributed by atoms with Gasteiger partial charge < -0.3 is 5.11 Å². The van der Waals surface area contributed by atoms with Crippen LogP contribution < -0.4 is 0 Å². The molecule has 2 aromatic rings. The molecular weight excluding hydrogens is 228 g/mol. The standard InChI is InChI=1S/C15H18OS/c1-11(2)17-10-15(16)14-8-7-12-5-3-4-6-13(12)9-14/h3-9,11,15-16H,10H2,1-2H3. The number of rotatable bonds is 4. The van der Waals surface area contributed by atoms with Crippen LogP contribution >= 0.6 is 11.8 Å². The van der Waals surface area contributed by atoms with Crippen molar-refractivity contribution in [2.45, 2.75) is 25.2 Å². The minimum absolute atomic E-state index is 0.369. The second-order valence-electron chi connectivity index (χ2n) is 4.50. The van der Waals surface area contributed by atoms with Crippen LogP contribution in [-0.4, -0.2) is 16.1 Å². The van der Waals surface area contributed by atoms with Crippen LogP contribution in [0.4, 0.5) is 0 Å². The molecule has 0 aliphatic carbocycles. The van der Waals surface area contributed by atoms with Gasteiger partial charge in [-0.1, -0.05) is 50.2 Å². The van der Waals surface area contributed by atoms with Crippen molar-refractivity contribution in [2.75, 3.05) is 5.75 Å². The molecule has 0 aliphatic heterocycles. The fraction of sp³-hybridized carbons (Fsp3) is 0.333. The summed E-state index contributed by atoms with van der Waals surface area (Å²) >= 11 is 1.79. The molecule has 2 aromatic carbocycles. The van der Waals surface area contributed by atoms with Gasteiger partial charge in [-0.2, -0.15) is 11.8 Å². The van der Waals surface area contributed by atoms with Crippen molar-refractivity contribution >= 4 is 22.5 Å². The Morgan fingerprint density at radius 3 is 2.47 bits per heavy atom. The van der Waals surface area contributed by atoms with E-state index in [2.05, 4.69) is 38.1 Å². The average Bonchev–Trinajstić information content (AvgIpc) is 2.35. The van der Waals surface area contributed by atoms with Crippen LogP contribution in [0.2, 0.25) is 0 Å². The van der Waals surface area contributed by atoms with E-state index in [1.54, 1.807) is 11.8 Å². The molecule has 0 saturated heterocycles. The van der Waals surface area contributed by atoms with Crippen molar-refractivity contribution in [3.63, 3.8) is 0 Å². The Kier molecular flexibility index (Phi) is 4.08. The number of hydrogen-bond donors (Lipinski definition) is 1. The third-order valence-electron chi connectivity index (χ3n) is 2.75. The van der Waals surface area contributed by atoms with Gasteiger partial charge in [0, 0.05) is 5.75 Å². The van der Waals surface area contributed by atoms with Gasteiger partial charge >= 0.3 is 0 Å². The van der Waals surface area contributed by atoms with Gasteiger partial charge in [-0.25, -0.2) is 0 Å². The highest BCUT2D eigenvalue weighted by Crippen LogP contribution is 2.24. The highest BCUT2D eigenvalue weighted by atomic mass is 32.2. The maximum absolute atomic E-state index is 10.1. The molecule has 90 valence electrons. The van der Waals surface area contributed by atoms with Gasteiger partial charge in [0.05, 0.1) is 6.10 Å². The molecule has 0 aromatic heterocycles. The molecule has 2 rings (SSSR count). The van der Waals surface area contributed by atoms with Gasteiger partial charge in [-0.15, -0.1) is 0 Å². The fourth-order valence-electron chi connectivity index (χ4n) is 1.79. The summed E-state index contributed by atoms with van der Waals surface area (Å²) in [7, 11) is 0. The van der Waals surface area contributed by atoms with Crippen LogP contribution in [0.1, 0.15) is 25.5 Å². The SMILES string of the molecule is CC(C)SCC(O)c1ccc2ccccc2c1. The lowest BCUT2D eigenvalue weighted by Gasteiger charge is -2.13.